The highest BCUT2D eigenvalue weighted by atomic mass is 16.4. The molecule has 0 aliphatic heterocycles. The first-order chi connectivity index (χ1) is 5.97. The topological polar surface area (TPSA) is 69.6 Å². The SMILES string of the molecule is CCN(C)C(=O)NC(C)CC(=O)O. The predicted octanol–water partition coefficient (Wildman–Crippen LogP) is 0.511. The normalized spacial score (nSPS) is 11.9. The Bertz CT molecular complexity index is 194. The zero-order valence-corrected chi connectivity index (χ0v) is 8.20. The molecular weight excluding hydrogens is 172 g/mol. The summed E-state index contributed by atoms with van der Waals surface area (Å²) < 4.78 is 0. The zero-order valence-electron chi connectivity index (χ0n) is 8.20. The van der Waals surface area contributed by atoms with E-state index in [1.807, 2.05) is 6.92 Å². The average molecular weight is 188 g/mol. The monoisotopic (exact) mass is 188 g/mol. The molecule has 5 nitrogen and oxygen atoms in total. The highest BCUT2D eigenvalue weighted by Gasteiger charge is 2.12. The fraction of sp³-hybridized carbons (Fsp3) is 0.750. The molecule has 0 heterocycles. The van der Waals surface area contributed by atoms with E-state index in [-0.39, 0.29) is 18.5 Å². The van der Waals surface area contributed by atoms with Crippen molar-refractivity contribution in [2.75, 3.05) is 13.6 Å². The number of urea groups is 1. The van der Waals surface area contributed by atoms with Crippen LogP contribution in [0.2, 0.25) is 0 Å². The maximum absolute atomic E-state index is 11.2. The standard InChI is InChI=1S/C8H16N2O3/c1-4-10(3)8(13)9-6(2)5-7(11)12/h6H,4-5H2,1-3H3,(H,9,13)(H,11,12). The first kappa shape index (κ1) is 11.7. The van der Waals surface area contributed by atoms with Gasteiger partial charge in [0.05, 0.1) is 6.42 Å². The smallest absolute Gasteiger partial charge is 0.317 e. The molecule has 0 saturated carbocycles. The second-order valence-corrected chi connectivity index (χ2v) is 2.96. The van der Waals surface area contributed by atoms with E-state index in [9.17, 15) is 9.59 Å². The highest BCUT2D eigenvalue weighted by Crippen LogP contribution is 1.92. The van der Waals surface area contributed by atoms with Gasteiger partial charge in [-0.3, -0.25) is 4.79 Å². The number of hydrogen-bond acceptors (Lipinski definition) is 2. The van der Waals surface area contributed by atoms with E-state index in [0.717, 1.165) is 0 Å². The summed E-state index contributed by atoms with van der Waals surface area (Å²) in [5.74, 6) is -0.910. The highest BCUT2D eigenvalue weighted by molar-refractivity contribution is 5.75. The summed E-state index contributed by atoms with van der Waals surface area (Å²) in [4.78, 5) is 22.9. The molecule has 1 unspecified atom stereocenters. The molecule has 5 heteroatoms. The van der Waals surface area contributed by atoms with Crippen LogP contribution in [0.3, 0.4) is 0 Å². The van der Waals surface area contributed by atoms with Crippen molar-refractivity contribution in [3.63, 3.8) is 0 Å². The van der Waals surface area contributed by atoms with E-state index >= 15 is 0 Å². The van der Waals surface area contributed by atoms with Gasteiger partial charge in [0, 0.05) is 19.6 Å². The Morgan fingerprint density at radius 1 is 1.54 bits per heavy atom. The average Bonchev–Trinajstić information content (AvgIpc) is 2.01. The van der Waals surface area contributed by atoms with Gasteiger partial charge < -0.3 is 15.3 Å². The number of carbonyl (C=O) groups is 2. The third-order valence-electron chi connectivity index (χ3n) is 1.67. The quantitative estimate of drug-likeness (QED) is 0.675. The molecule has 0 saturated heterocycles. The Hall–Kier alpha value is -1.26. The van der Waals surface area contributed by atoms with Crippen LogP contribution in [0.4, 0.5) is 4.79 Å². The van der Waals surface area contributed by atoms with Gasteiger partial charge in [-0.25, -0.2) is 4.79 Å². The van der Waals surface area contributed by atoms with E-state index in [4.69, 9.17) is 5.11 Å². The minimum Gasteiger partial charge on any atom is -0.481 e. The molecule has 0 rings (SSSR count). The summed E-state index contributed by atoms with van der Waals surface area (Å²) in [6.07, 6.45) is -0.0523. The molecule has 0 radical (unpaired) electrons. The third kappa shape index (κ3) is 5.05. The van der Waals surface area contributed by atoms with Crippen LogP contribution >= 0.6 is 0 Å². The lowest BCUT2D eigenvalue weighted by Crippen LogP contribution is -2.42. The first-order valence-electron chi connectivity index (χ1n) is 4.20. The van der Waals surface area contributed by atoms with Gasteiger partial charge >= 0.3 is 12.0 Å². The van der Waals surface area contributed by atoms with Crippen LogP contribution in [0.1, 0.15) is 20.3 Å². The molecule has 2 N–H and O–H groups in total. The molecule has 0 aromatic heterocycles. The molecule has 0 aromatic carbocycles. The number of carbonyl (C=O) groups excluding carboxylic acids is 1. The lowest BCUT2D eigenvalue weighted by molar-refractivity contribution is -0.137. The third-order valence-corrected chi connectivity index (χ3v) is 1.67. The maximum Gasteiger partial charge on any atom is 0.317 e. The summed E-state index contributed by atoms with van der Waals surface area (Å²) in [5, 5.41) is 11.0. The van der Waals surface area contributed by atoms with Gasteiger partial charge in [0.15, 0.2) is 0 Å². The Morgan fingerprint density at radius 2 is 2.08 bits per heavy atom. The van der Waals surface area contributed by atoms with Crippen LogP contribution in [0.5, 0.6) is 0 Å². The number of carboxylic acid groups (broad SMARTS) is 1. The molecule has 13 heavy (non-hydrogen) atoms. The van der Waals surface area contributed by atoms with Gasteiger partial charge in [0.2, 0.25) is 0 Å². The van der Waals surface area contributed by atoms with Crippen molar-refractivity contribution < 1.29 is 14.7 Å². The molecule has 2 amide bonds. The minimum atomic E-state index is -0.910. The van der Waals surface area contributed by atoms with Crippen molar-refractivity contribution in [3.05, 3.63) is 0 Å². The van der Waals surface area contributed by atoms with E-state index in [2.05, 4.69) is 5.32 Å². The van der Waals surface area contributed by atoms with Crippen LogP contribution in [-0.4, -0.2) is 41.6 Å². The molecule has 76 valence electrons. The minimum absolute atomic E-state index is 0.0523. The Kier molecular flexibility index (Phi) is 4.87. The van der Waals surface area contributed by atoms with Crippen LogP contribution in [-0.2, 0) is 4.79 Å². The molecule has 0 fully saturated rings. The molecular formula is C8H16N2O3. The number of hydrogen-bond donors (Lipinski definition) is 2. The Morgan fingerprint density at radius 3 is 2.46 bits per heavy atom. The number of rotatable bonds is 4. The molecule has 0 aliphatic rings. The Balaban J connectivity index is 3.84. The summed E-state index contributed by atoms with van der Waals surface area (Å²) in [5.41, 5.74) is 0. The Labute approximate surface area is 77.7 Å². The number of carboxylic acids is 1. The van der Waals surface area contributed by atoms with Crippen molar-refractivity contribution in [3.8, 4) is 0 Å². The van der Waals surface area contributed by atoms with Crippen LogP contribution in [0, 0.1) is 0 Å². The summed E-state index contributed by atoms with van der Waals surface area (Å²) in [6, 6.07) is -0.574. The molecule has 0 aliphatic carbocycles. The lowest BCUT2D eigenvalue weighted by atomic mass is 10.2. The fourth-order valence-electron chi connectivity index (χ4n) is 0.778. The number of aliphatic carboxylic acids is 1. The van der Waals surface area contributed by atoms with E-state index in [1.165, 1.54) is 4.90 Å². The van der Waals surface area contributed by atoms with Crippen molar-refractivity contribution in [2.45, 2.75) is 26.3 Å². The van der Waals surface area contributed by atoms with Gasteiger partial charge in [0.25, 0.3) is 0 Å². The number of amides is 2. The van der Waals surface area contributed by atoms with Crippen molar-refractivity contribution >= 4 is 12.0 Å². The first-order valence-corrected chi connectivity index (χ1v) is 4.20. The van der Waals surface area contributed by atoms with E-state index < -0.39 is 5.97 Å². The van der Waals surface area contributed by atoms with Gasteiger partial charge in [-0.15, -0.1) is 0 Å². The van der Waals surface area contributed by atoms with E-state index in [0.29, 0.717) is 6.54 Å². The summed E-state index contributed by atoms with van der Waals surface area (Å²) >= 11 is 0. The maximum atomic E-state index is 11.2. The summed E-state index contributed by atoms with van der Waals surface area (Å²) in [7, 11) is 1.66. The molecule has 0 spiro atoms. The molecule has 1 atom stereocenters. The molecule has 0 bridgehead atoms. The predicted molar refractivity (Wildman–Crippen MR) is 48.6 cm³/mol. The van der Waals surface area contributed by atoms with Crippen LogP contribution in [0.15, 0.2) is 0 Å². The number of nitrogens with zero attached hydrogens (tertiary/aromatic N) is 1. The van der Waals surface area contributed by atoms with Crippen molar-refractivity contribution in [2.24, 2.45) is 0 Å². The lowest BCUT2D eigenvalue weighted by Gasteiger charge is -2.18. The van der Waals surface area contributed by atoms with Crippen molar-refractivity contribution in [1.29, 1.82) is 0 Å². The fourth-order valence-corrected chi connectivity index (χ4v) is 0.778. The zero-order chi connectivity index (χ0) is 10.4. The van der Waals surface area contributed by atoms with Crippen LogP contribution < -0.4 is 5.32 Å². The second-order valence-electron chi connectivity index (χ2n) is 2.96. The number of nitrogens with one attached hydrogen (secondary N) is 1. The van der Waals surface area contributed by atoms with Crippen LogP contribution in [0.25, 0.3) is 0 Å². The van der Waals surface area contributed by atoms with Gasteiger partial charge in [-0.05, 0) is 13.8 Å². The van der Waals surface area contributed by atoms with Gasteiger partial charge in [0.1, 0.15) is 0 Å². The largest absolute Gasteiger partial charge is 0.481 e. The van der Waals surface area contributed by atoms with Gasteiger partial charge in [-0.1, -0.05) is 0 Å². The van der Waals surface area contributed by atoms with Gasteiger partial charge in [-0.2, -0.15) is 0 Å². The summed E-state index contributed by atoms with van der Waals surface area (Å²) in [6.45, 7) is 4.11. The molecule has 0 aromatic rings. The van der Waals surface area contributed by atoms with E-state index in [1.54, 1.807) is 14.0 Å². The van der Waals surface area contributed by atoms with Crippen molar-refractivity contribution in [1.82, 2.24) is 10.2 Å². The second kappa shape index (κ2) is 5.40.